The Morgan fingerprint density at radius 1 is 1.33 bits per heavy atom. The van der Waals surface area contributed by atoms with Gasteiger partial charge >= 0.3 is 0 Å². The fraction of sp³-hybridized carbons (Fsp3) is 0.692. The highest BCUT2D eigenvalue weighted by Crippen LogP contribution is 2.20. The van der Waals surface area contributed by atoms with Crippen LogP contribution in [0.2, 0.25) is 5.15 Å². The van der Waals surface area contributed by atoms with Crippen molar-refractivity contribution >= 4 is 17.4 Å². The lowest BCUT2D eigenvalue weighted by molar-refractivity contribution is 0.153. The van der Waals surface area contributed by atoms with Gasteiger partial charge in [0.15, 0.2) is 11.0 Å². The van der Waals surface area contributed by atoms with Gasteiger partial charge in [0.25, 0.3) is 0 Å². The summed E-state index contributed by atoms with van der Waals surface area (Å²) >= 11 is 5.96. The molecule has 4 nitrogen and oxygen atoms in total. The van der Waals surface area contributed by atoms with Crippen molar-refractivity contribution in [3.8, 4) is 0 Å². The molecule has 0 bridgehead atoms. The topological polar surface area (TPSA) is 41.0 Å². The van der Waals surface area contributed by atoms with Crippen LogP contribution in [0.15, 0.2) is 12.4 Å². The Morgan fingerprint density at radius 2 is 2.00 bits per heavy atom. The standard InChI is InChI=1S/C13H21ClN4/c1-10(2)18-7-3-11(4-8-18)9-17-13-12(14)15-5-6-16-13/h5-6,10-11H,3-4,7-9H2,1-2H3,(H,16,17). The molecule has 0 aliphatic carbocycles. The Balaban J connectivity index is 1.77. The number of aromatic nitrogens is 2. The summed E-state index contributed by atoms with van der Waals surface area (Å²) in [6.45, 7) is 7.84. The van der Waals surface area contributed by atoms with Gasteiger partial charge in [-0.25, -0.2) is 9.97 Å². The summed E-state index contributed by atoms with van der Waals surface area (Å²) in [7, 11) is 0. The molecule has 1 N–H and O–H groups in total. The van der Waals surface area contributed by atoms with Gasteiger partial charge in [-0.3, -0.25) is 0 Å². The van der Waals surface area contributed by atoms with Crippen LogP contribution in [0.1, 0.15) is 26.7 Å². The number of hydrogen-bond donors (Lipinski definition) is 1. The maximum Gasteiger partial charge on any atom is 0.171 e. The third kappa shape index (κ3) is 3.56. The number of anilines is 1. The van der Waals surface area contributed by atoms with Crippen LogP contribution in [-0.2, 0) is 0 Å². The number of hydrogen-bond acceptors (Lipinski definition) is 4. The molecule has 5 heteroatoms. The molecule has 0 saturated carbocycles. The molecule has 1 aromatic heterocycles. The van der Waals surface area contributed by atoms with E-state index in [2.05, 4.69) is 34.0 Å². The molecule has 1 aliphatic rings. The van der Waals surface area contributed by atoms with Gasteiger partial charge in [-0.05, 0) is 45.7 Å². The molecule has 1 fully saturated rings. The SMILES string of the molecule is CC(C)N1CCC(CNc2nccnc2Cl)CC1. The van der Waals surface area contributed by atoms with Crippen LogP contribution in [0, 0.1) is 5.92 Å². The Bertz CT molecular complexity index is 375. The molecule has 0 spiro atoms. The molecule has 100 valence electrons. The largest absolute Gasteiger partial charge is 0.367 e. The zero-order valence-electron chi connectivity index (χ0n) is 11.1. The number of halogens is 1. The molecule has 2 heterocycles. The van der Waals surface area contributed by atoms with Crippen LogP contribution in [0.3, 0.4) is 0 Å². The monoisotopic (exact) mass is 268 g/mol. The Kier molecular flexibility index (Phi) is 4.78. The van der Waals surface area contributed by atoms with Crippen molar-refractivity contribution in [2.45, 2.75) is 32.7 Å². The highest BCUT2D eigenvalue weighted by molar-refractivity contribution is 6.31. The van der Waals surface area contributed by atoms with Crippen LogP contribution < -0.4 is 5.32 Å². The Labute approximate surface area is 114 Å². The minimum Gasteiger partial charge on any atom is -0.367 e. The number of likely N-dealkylation sites (tertiary alicyclic amines) is 1. The van der Waals surface area contributed by atoms with Crippen LogP contribution in [0.4, 0.5) is 5.82 Å². The average molecular weight is 269 g/mol. The van der Waals surface area contributed by atoms with Crippen molar-refractivity contribution < 1.29 is 0 Å². The lowest BCUT2D eigenvalue weighted by atomic mass is 9.96. The zero-order valence-corrected chi connectivity index (χ0v) is 11.8. The van der Waals surface area contributed by atoms with Crippen molar-refractivity contribution in [1.29, 1.82) is 0 Å². The van der Waals surface area contributed by atoms with E-state index in [9.17, 15) is 0 Å². The Morgan fingerprint density at radius 3 is 2.61 bits per heavy atom. The van der Waals surface area contributed by atoms with E-state index in [1.807, 2.05) is 0 Å². The number of rotatable bonds is 4. The van der Waals surface area contributed by atoms with Crippen LogP contribution in [0.5, 0.6) is 0 Å². The molecule has 0 amide bonds. The predicted octanol–water partition coefficient (Wildman–Crippen LogP) is 2.66. The molecule has 0 radical (unpaired) electrons. The highest BCUT2D eigenvalue weighted by atomic mass is 35.5. The van der Waals surface area contributed by atoms with Gasteiger partial charge in [0.1, 0.15) is 0 Å². The maximum atomic E-state index is 5.96. The fourth-order valence-electron chi connectivity index (χ4n) is 2.35. The van der Waals surface area contributed by atoms with Gasteiger partial charge in [0.05, 0.1) is 0 Å². The summed E-state index contributed by atoms with van der Waals surface area (Å²) in [6, 6.07) is 0.661. The van der Waals surface area contributed by atoms with E-state index in [1.54, 1.807) is 12.4 Å². The molecule has 2 rings (SSSR count). The van der Waals surface area contributed by atoms with E-state index in [4.69, 9.17) is 11.6 Å². The zero-order chi connectivity index (χ0) is 13.0. The van der Waals surface area contributed by atoms with E-state index in [1.165, 1.54) is 25.9 Å². The van der Waals surface area contributed by atoms with Gasteiger partial charge in [-0.2, -0.15) is 0 Å². The molecule has 0 atom stereocenters. The second-order valence-corrected chi connectivity index (χ2v) is 5.51. The molecular formula is C13H21ClN4. The lowest BCUT2D eigenvalue weighted by Crippen LogP contribution is -2.39. The van der Waals surface area contributed by atoms with Crippen molar-refractivity contribution in [2.24, 2.45) is 5.92 Å². The van der Waals surface area contributed by atoms with Gasteiger partial charge in [0, 0.05) is 25.0 Å². The number of piperidine rings is 1. The van der Waals surface area contributed by atoms with Gasteiger partial charge < -0.3 is 10.2 Å². The van der Waals surface area contributed by atoms with E-state index < -0.39 is 0 Å². The first-order valence-electron chi connectivity index (χ1n) is 6.61. The van der Waals surface area contributed by atoms with Gasteiger partial charge in [-0.1, -0.05) is 11.6 Å². The minimum absolute atomic E-state index is 0.456. The summed E-state index contributed by atoms with van der Waals surface area (Å²) in [4.78, 5) is 10.7. The number of nitrogens with one attached hydrogen (secondary N) is 1. The van der Waals surface area contributed by atoms with Crippen molar-refractivity contribution in [1.82, 2.24) is 14.9 Å². The summed E-state index contributed by atoms with van der Waals surface area (Å²) < 4.78 is 0. The summed E-state index contributed by atoms with van der Waals surface area (Å²) in [5, 5.41) is 3.76. The molecule has 0 aromatic carbocycles. The first-order valence-corrected chi connectivity index (χ1v) is 6.99. The summed E-state index contributed by atoms with van der Waals surface area (Å²) in [6.07, 6.45) is 5.75. The van der Waals surface area contributed by atoms with Crippen molar-refractivity contribution in [3.05, 3.63) is 17.5 Å². The molecule has 1 aromatic rings. The first kappa shape index (κ1) is 13.6. The fourth-order valence-corrected chi connectivity index (χ4v) is 2.53. The van der Waals surface area contributed by atoms with Crippen molar-refractivity contribution in [3.63, 3.8) is 0 Å². The van der Waals surface area contributed by atoms with Crippen LogP contribution in [0.25, 0.3) is 0 Å². The second kappa shape index (κ2) is 6.34. The normalized spacial score (nSPS) is 18.2. The quantitative estimate of drug-likeness (QED) is 0.912. The molecule has 1 saturated heterocycles. The van der Waals surface area contributed by atoms with E-state index >= 15 is 0 Å². The van der Waals surface area contributed by atoms with Crippen molar-refractivity contribution in [2.75, 3.05) is 25.0 Å². The summed E-state index contributed by atoms with van der Waals surface area (Å²) in [5.41, 5.74) is 0. The van der Waals surface area contributed by atoms with Crippen LogP contribution in [-0.4, -0.2) is 40.5 Å². The van der Waals surface area contributed by atoms with E-state index in [0.29, 0.717) is 22.9 Å². The molecule has 0 unspecified atom stereocenters. The second-order valence-electron chi connectivity index (χ2n) is 5.15. The predicted molar refractivity (Wildman–Crippen MR) is 75.0 cm³/mol. The average Bonchev–Trinajstić information content (AvgIpc) is 2.38. The molecule has 18 heavy (non-hydrogen) atoms. The lowest BCUT2D eigenvalue weighted by Gasteiger charge is -2.34. The maximum absolute atomic E-state index is 5.96. The molecule has 1 aliphatic heterocycles. The third-order valence-electron chi connectivity index (χ3n) is 3.59. The van der Waals surface area contributed by atoms with Gasteiger partial charge in [0.2, 0.25) is 0 Å². The summed E-state index contributed by atoms with van der Waals surface area (Å²) in [5.74, 6) is 1.41. The van der Waals surface area contributed by atoms with E-state index in [0.717, 1.165) is 6.54 Å². The highest BCUT2D eigenvalue weighted by Gasteiger charge is 2.20. The third-order valence-corrected chi connectivity index (χ3v) is 3.87. The van der Waals surface area contributed by atoms with Crippen LogP contribution >= 0.6 is 11.6 Å². The minimum atomic E-state index is 0.456. The number of nitrogens with zero attached hydrogens (tertiary/aromatic N) is 3. The molecular weight excluding hydrogens is 248 g/mol. The Hall–Kier alpha value is -0.870. The first-order chi connectivity index (χ1) is 8.66. The smallest absolute Gasteiger partial charge is 0.171 e. The van der Waals surface area contributed by atoms with E-state index in [-0.39, 0.29) is 0 Å². The van der Waals surface area contributed by atoms with Gasteiger partial charge in [-0.15, -0.1) is 0 Å².